The zero-order valence-electron chi connectivity index (χ0n) is 8.30. The summed E-state index contributed by atoms with van der Waals surface area (Å²) in [5, 5.41) is 17.9. The van der Waals surface area contributed by atoms with E-state index in [9.17, 15) is 4.79 Å². The van der Waals surface area contributed by atoms with Crippen LogP contribution in [0.5, 0.6) is 5.75 Å². The normalized spacial score (nSPS) is 11.5. The Kier molecular flexibility index (Phi) is 3.69. The van der Waals surface area contributed by atoms with Crippen LogP contribution in [0.1, 0.15) is 17.9 Å². The second-order valence-corrected chi connectivity index (χ2v) is 3.05. The van der Waals surface area contributed by atoms with Gasteiger partial charge in [-0.2, -0.15) is 5.26 Å². The third-order valence-electron chi connectivity index (χ3n) is 2.05. The topological polar surface area (TPSA) is 70.3 Å². The van der Waals surface area contributed by atoms with E-state index in [0.29, 0.717) is 5.56 Å². The Balaban J connectivity index is 2.80. The number of phenolic OH excluding ortho intramolecular Hbond substituents is 1. The Morgan fingerprint density at radius 2 is 2.13 bits per heavy atom. The van der Waals surface area contributed by atoms with E-state index >= 15 is 0 Å². The molecule has 15 heavy (non-hydrogen) atoms. The fourth-order valence-corrected chi connectivity index (χ4v) is 1.19. The molecule has 4 nitrogen and oxygen atoms in total. The highest BCUT2D eigenvalue weighted by Crippen LogP contribution is 2.21. The van der Waals surface area contributed by atoms with Gasteiger partial charge in [-0.15, -0.1) is 0 Å². The largest absolute Gasteiger partial charge is 0.508 e. The summed E-state index contributed by atoms with van der Waals surface area (Å²) in [7, 11) is 1.29. The number of methoxy groups -OCH3 is 1. The lowest BCUT2D eigenvalue weighted by Gasteiger charge is -2.07. The molecule has 0 bridgehead atoms. The van der Waals surface area contributed by atoms with E-state index in [0.717, 1.165) is 0 Å². The number of carbonyl (C=O) groups excluding carboxylic acids is 1. The molecular formula is C11H11NO3. The van der Waals surface area contributed by atoms with Crippen LogP contribution in [-0.2, 0) is 9.53 Å². The lowest BCUT2D eigenvalue weighted by Crippen LogP contribution is -2.07. The molecule has 0 saturated heterocycles. The van der Waals surface area contributed by atoms with E-state index in [1.54, 1.807) is 12.1 Å². The van der Waals surface area contributed by atoms with E-state index < -0.39 is 11.9 Å². The van der Waals surface area contributed by atoms with Gasteiger partial charge in [-0.3, -0.25) is 4.79 Å². The summed E-state index contributed by atoms with van der Waals surface area (Å²) < 4.78 is 4.49. The molecule has 1 aromatic carbocycles. The number of esters is 1. The minimum absolute atomic E-state index is 0.0256. The van der Waals surface area contributed by atoms with Gasteiger partial charge >= 0.3 is 5.97 Å². The molecule has 0 spiro atoms. The lowest BCUT2D eigenvalue weighted by molar-refractivity contribution is -0.140. The first kappa shape index (κ1) is 11.1. The van der Waals surface area contributed by atoms with Gasteiger partial charge in [0.2, 0.25) is 0 Å². The van der Waals surface area contributed by atoms with Gasteiger partial charge in [0, 0.05) is 0 Å². The molecule has 78 valence electrons. The molecule has 4 heteroatoms. The van der Waals surface area contributed by atoms with Crippen LogP contribution in [0.25, 0.3) is 0 Å². The summed E-state index contributed by atoms with van der Waals surface area (Å²) in [6, 6.07) is 8.22. The molecule has 0 heterocycles. The van der Waals surface area contributed by atoms with Gasteiger partial charge in [0.15, 0.2) is 0 Å². The van der Waals surface area contributed by atoms with Crippen LogP contribution in [0, 0.1) is 11.3 Å². The fourth-order valence-electron chi connectivity index (χ4n) is 1.19. The number of ether oxygens (including phenoxy) is 1. The third-order valence-corrected chi connectivity index (χ3v) is 2.05. The van der Waals surface area contributed by atoms with Crippen molar-refractivity contribution >= 4 is 5.97 Å². The molecule has 1 atom stereocenters. The number of hydrogen-bond acceptors (Lipinski definition) is 4. The summed E-state index contributed by atoms with van der Waals surface area (Å²) in [6.45, 7) is 0. The number of aromatic hydroxyl groups is 1. The predicted molar refractivity (Wildman–Crippen MR) is 53.1 cm³/mol. The number of rotatable bonds is 3. The van der Waals surface area contributed by atoms with Gasteiger partial charge in [-0.1, -0.05) is 12.1 Å². The van der Waals surface area contributed by atoms with Crippen LogP contribution < -0.4 is 0 Å². The fraction of sp³-hybridized carbons (Fsp3) is 0.273. The molecule has 0 aliphatic heterocycles. The Bertz CT molecular complexity index is 378. The molecule has 1 N–H and O–H groups in total. The highest BCUT2D eigenvalue weighted by atomic mass is 16.5. The number of carbonyl (C=O) groups is 1. The Morgan fingerprint density at radius 1 is 1.53 bits per heavy atom. The highest BCUT2D eigenvalue weighted by molar-refractivity contribution is 5.71. The zero-order valence-corrected chi connectivity index (χ0v) is 8.30. The number of phenols is 1. The van der Waals surface area contributed by atoms with Crippen molar-refractivity contribution in [2.75, 3.05) is 7.11 Å². The molecule has 0 saturated carbocycles. The summed E-state index contributed by atoms with van der Waals surface area (Å²) in [5.74, 6) is -0.818. The standard InChI is InChI=1S/C11H11NO3/c1-15-11(14)6-9(7-12)8-2-4-10(13)5-3-8/h2-5,9,13H,6H2,1H3. The first-order chi connectivity index (χ1) is 7.17. The third kappa shape index (κ3) is 2.99. The molecule has 0 aromatic heterocycles. The highest BCUT2D eigenvalue weighted by Gasteiger charge is 2.15. The summed E-state index contributed by atoms with van der Waals surface area (Å²) in [6.07, 6.45) is 0.0256. The predicted octanol–water partition coefficient (Wildman–Crippen LogP) is 1.56. The van der Waals surface area contributed by atoms with Gasteiger partial charge in [-0.05, 0) is 17.7 Å². The average molecular weight is 205 g/mol. The number of hydrogen-bond donors (Lipinski definition) is 1. The SMILES string of the molecule is COC(=O)CC(C#N)c1ccc(O)cc1. The molecule has 0 radical (unpaired) electrons. The monoisotopic (exact) mass is 205 g/mol. The molecule has 0 amide bonds. The Morgan fingerprint density at radius 3 is 2.60 bits per heavy atom. The maximum atomic E-state index is 11.0. The van der Waals surface area contributed by atoms with Crippen LogP contribution in [0.4, 0.5) is 0 Å². The van der Waals surface area contributed by atoms with Crippen molar-refractivity contribution in [3.05, 3.63) is 29.8 Å². The zero-order chi connectivity index (χ0) is 11.3. The minimum atomic E-state index is -0.530. The molecule has 1 aromatic rings. The smallest absolute Gasteiger partial charge is 0.307 e. The number of nitriles is 1. The molecule has 0 aliphatic rings. The van der Waals surface area contributed by atoms with E-state index in [1.165, 1.54) is 19.2 Å². The van der Waals surface area contributed by atoms with E-state index in [4.69, 9.17) is 10.4 Å². The van der Waals surface area contributed by atoms with Crippen molar-refractivity contribution in [1.29, 1.82) is 5.26 Å². The lowest BCUT2D eigenvalue weighted by atomic mass is 9.97. The van der Waals surface area contributed by atoms with E-state index in [1.807, 2.05) is 6.07 Å². The summed E-state index contributed by atoms with van der Waals surface area (Å²) in [4.78, 5) is 11.0. The molecule has 1 unspecified atom stereocenters. The van der Waals surface area contributed by atoms with E-state index in [2.05, 4.69) is 4.74 Å². The molecule has 0 aliphatic carbocycles. The average Bonchev–Trinajstić information content (AvgIpc) is 2.27. The second kappa shape index (κ2) is 5.01. The first-order valence-electron chi connectivity index (χ1n) is 4.42. The summed E-state index contributed by atoms with van der Waals surface area (Å²) in [5.41, 5.74) is 0.695. The summed E-state index contributed by atoms with van der Waals surface area (Å²) >= 11 is 0. The van der Waals surface area contributed by atoms with Crippen molar-refractivity contribution in [2.45, 2.75) is 12.3 Å². The van der Waals surface area contributed by atoms with Crippen molar-refractivity contribution in [1.82, 2.24) is 0 Å². The van der Waals surface area contributed by atoms with Gasteiger partial charge in [-0.25, -0.2) is 0 Å². The van der Waals surface area contributed by atoms with E-state index in [-0.39, 0.29) is 12.2 Å². The number of benzene rings is 1. The van der Waals surface area contributed by atoms with Crippen LogP contribution in [0.3, 0.4) is 0 Å². The van der Waals surface area contributed by atoms with Gasteiger partial charge in [0.25, 0.3) is 0 Å². The van der Waals surface area contributed by atoms with Gasteiger partial charge in [0.1, 0.15) is 5.75 Å². The van der Waals surface area contributed by atoms with Gasteiger partial charge in [0.05, 0.1) is 25.5 Å². The Hall–Kier alpha value is -2.02. The number of nitrogens with zero attached hydrogens (tertiary/aromatic N) is 1. The second-order valence-electron chi connectivity index (χ2n) is 3.05. The maximum absolute atomic E-state index is 11.0. The van der Waals surface area contributed by atoms with Crippen molar-refractivity contribution in [2.24, 2.45) is 0 Å². The quantitative estimate of drug-likeness (QED) is 0.760. The van der Waals surface area contributed by atoms with Crippen molar-refractivity contribution < 1.29 is 14.6 Å². The van der Waals surface area contributed by atoms with Crippen LogP contribution in [0.2, 0.25) is 0 Å². The van der Waals surface area contributed by atoms with Crippen LogP contribution in [-0.4, -0.2) is 18.2 Å². The van der Waals surface area contributed by atoms with Crippen LogP contribution in [0.15, 0.2) is 24.3 Å². The maximum Gasteiger partial charge on any atom is 0.307 e. The van der Waals surface area contributed by atoms with Gasteiger partial charge < -0.3 is 9.84 Å². The Labute approximate surface area is 87.7 Å². The van der Waals surface area contributed by atoms with Crippen molar-refractivity contribution in [3.8, 4) is 11.8 Å². The first-order valence-corrected chi connectivity index (χ1v) is 4.42. The molecule has 1 rings (SSSR count). The minimum Gasteiger partial charge on any atom is -0.508 e. The molecule has 0 fully saturated rings. The van der Waals surface area contributed by atoms with Crippen molar-refractivity contribution in [3.63, 3.8) is 0 Å². The van der Waals surface area contributed by atoms with Crippen LogP contribution >= 0.6 is 0 Å². The molecular weight excluding hydrogens is 194 g/mol.